The molecule has 0 N–H and O–H groups in total. The molecule has 0 atom stereocenters. The Kier molecular flexibility index (Phi) is 8.81. The van der Waals surface area contributed by atoms with E-state index in [-0.39, 0.29) is 10.8 Å². The maximum atomic E-state index is 2.44. The Balaban J connectivity index is 0.882. The zero-order valence-electron chi connectivity index (χ0n) is 38.1. The Bertz CT molecular complexity index is 3760. The first-order valence-corrected chi connectivity index (χ1v) is 24.2. The minimum atomic E-state index is -0.105. The molecule has 0 saturated carbocycles. The highest BCUT2D eigenvalue weighted by atomic mass is 32.1. The molecule has 10 aromatic carbocycles. The van der Waals surface area contributed by atoms with Crippen molar-refractivity contribution in [1.29, 1.82) is 0 Å². The fraction of sp³-hybridized carbons (Fsp3) is 0.0938. The molecule has 1 heterocycles. The van der Waals surface area contributed by atoms with E-state index in [0.29, 0.717) is 0 Å². The fourth-order valence-electron chi connectivity index (χ4n) is 11.3. The van der Waals surface area contributed by atoms with Gasteiger partial charge in [0.05, 0.1) is 0 Å². The van der Waals surface area contributed by atoms with Crippen LogP contribution in [0, 0.1) is 0 Å². The molecule has 1 aromatic heterocycles. The second-order valence-electron chi connectivity index (χ2n) is 19.4. The summed E-state index contributed by atoms with van der Waals surface area (Å²) in [7, 11) is 0. The zero-order chi connectivity index (χ0) is 45.0. The van der Waals surface area contributed by atoms with Crippen molar-refractivity contribution < 1.29 is 0 Å². The first-order chi connectivity index (χ1) is 32.7. The number of thiophene rings is 1. The van der Waals surface area contributed by atoms with E-state index in [1.54, 1.807) is 0 Å². The third-order valence-electron chi connectivity index (χ3n) is 14.8. The molecule has 0 fully saturated rings. The lowest BCUT2D eigenvalue weighted by Gasteiger charge is -2.29. The second kappa shape index (κ2) is 14.9. The average Bonchev–Trinajstić information content (AvgIpc) is 3.93. The molecule has 2 aliphatic rings. The molecule has 320 valence electrons. The number of fused-ring (bicyclic) bond motifs is 10. The van der Waals surface area contributed by atoms with Crippen molar-refractivity contribution in [2.45, 2.75) is 38.5 Å². The van der Waals surface area contributed by atoms with E-state index in [2.05, 4.69) is 256 Å². The van der Waals surface area contributed by atoms with Gasteiger partial charge in [-0.25, -0.2) is 0 Å². The summed E-state index contributed by atoms with van der Waals surface area (Å²) in [6, 6.07) is 81.3. The summed E-state index contributed by atoms with van der Waals surface area (Å²) in [6.07, 6.45) is 0. The minimum absolute atomic E-state index is 0.100. The van der Waals surface area contributed by atoms with Gasteiger partial charge in [0.15, 0.2) is 0 Å². The Hall–Kier alpha value is -7.72. The molecule has 0 radical (unpaired) electrons. The summed E-state index contributed by atoms with van der Waals surface area (Å²) in [5.74, 6) is 0. The van der Waals surface area contributed by atoms with Gasteiger partial charge in [0.2, 0.25) is 0 Å². The van der Waals surface area contributed by atoms with Crippen LogP contribution in [-0.4, -0.2) is 0 Å². The molecule has 11 aromatic rings. The van der Waals surface area contributed by atoms with Crippen molar-refractivity contribution in [3.8, 4) is 33.4 Å². The maximum Gasteiger partial charge on any atom is 0.0476 e. The lowest BCUT2D eigenvalue weighted by Crippen LogP contribution is -2.16. The molecule has 0 spiro atoms. The number of anilines is 6. The summed E-state index contributed by atoms with van der Waals surface area (Å²) in [5.41, 5.74) is 19.8. The van der Waals surface area contributed by atoms with Gasteiger partial charge in [0.25, 0.3) is 0 Å². The Morgan fingerprint density at radius 2 is 0.716 bits per heavy atom. The summed E-state index contributed by atoms with van der Waals surface area (Å²) in [5, 5.41) is 5.08. The van der Waals surface area contributed by atoms with Gasteiger partial charge in [-0.15, -0.1) is 11.3 Å². The van der Waals surface area contributed by atoms with Crippen LogP contribution in [0.25, 0.3) is 64.3 Å². The molecule has 0 bridgehead atoms. The van der Waals surface area contributed by atoms with Gasteiger partial charge < -0.3 is 9.80 Å². The number of benzene rings is 10. The molecule has 0 unspecified atom stereocenters. The van der Waals surface area contributed by atoms with Crippen LogP contribution in [0.4, 0.5) is 34.1 Å². The van der Waals surface area contributed by atoms with Gasteiger partial charge in [-0.3, -0.25) is 0 Å². The molecular weight excluding hydrogens is 829 g/mol. The molecule has 2 nitrogen and oxygen atoms in total. The average molecular weight is 877 g/mol. The van der Waals surface area contributed by atoms with Crippen LogP contribution in [-0.2, 0) is 10.8 Å². The lowest BCUT2D eigenvalue weighted by atomic mass is 9.82. The van der Waals surface area contributed by atoms with Crippen LogP contribution in [0.15, 0.2) is 218 Å². The van der Waals surface area contributed by atoms with Crippen molar-refractivity contribution in [2.75, 3.05) is 9.80 Å². The topological polar surface area (TPSA) is 6.48 Å². The Morgan fingerprint density at radius 1 is 0.299 bits per heavy atom. The van der Waals surface area contributed by atoms with Crippen molar-refractivity contribution in [2.24, 2.45) is 0 Å². The molecule has 0 saturated heterocycles. The minimum Gasteiger partial charge on any atom is -0.310 e. The van der Waals surface area contributed by atoms with Gasteiger partial charge in [-0.2, -0.15) is 0 Å². The van der Waals surface area contributed by atoms with Crippen LogP contribution >= 0.6 is 11.3 Å². The normalized spacial score (nSPS) is 13.9. The van der Waals surface area contributed by atoms with E-state index in [0.717, 1.165) is 34.1 Å². The fourth-order valence-corrected chi connectivity index (χ4v) is 12.5. The van der Waals surface area contributed by atoms with E-state index >= 15 is 0 Å². The summed E-state index contributed by atoms with van der Waals surface area (Å²) < 4.78 is 2.61. The highest BCUT2D eigenvalue weighted by Crippen LogP contribution is 2.53. The number of nitrogens with zero attached hydrogens (tertiary/aromatic N) is 2. The van der Waals surface area contributed by atoms with Gasteiger partial charge in [0.1, 0.15) is 0 Å². The van der Waals surface area contributed by atoms with Crippen LogP contribution in [0.5, 0.6) is 0 Å². The third-order valence-corrected chi connectivity index (χ3v) is 16.0. The number of hydrogen-bond donors (Lipinski definition) is 0. The summed E-state index contributed by atoms with van der Waals surface area (Å²) in [6.45, 7) is 9.44. The van der Waals surface area contributed by atoms with E-state index in [1.807, 2.05) is 11.3 Å². The Morgan fingerprint density at radius 3 is 1.31 bits per heavy atom. The summed E-state index contributed by atoms with van der Waals surface area (Å²) >= 11 is 1.87. The van der Waals surface area contributed by atoms with Gasteiger partial charge in [0, 0.05) is 65.1 Å². The maximum absolute atomic E-state index is 2.44. The second-order valence-corrected chi connectivity index (χ2v) is 20.5. The van der Waals surface area contributed by atoms with E-state index in [9.17, 15) is 0 Å². The van der Waals surface area contributed by atoms with E-state index in [4.69, 9.17) is 0 Å². The van der Waals surface area contributed by atoms with Crippen molar-refractivity contribution >= 4 is 76.4 Å². The molecule has 2 aliphatic carbocycles. The molecule has 0 amide bonds. The van der Waals surface area contributed by atoms with Crippen LogP contribution < -0.4 is 9.80 Å². The van der Waals surface area contributed by atoms with Crippen molar-refractivity contribution in [1.82, 2.24) is 0 Å². The molecule has 3 heteroatoms. The monoisotopic (exact) mass is 876 g/mol. The first-order valence-electron chi connectivity index (χ1n) is 23.4. The summed E-state index contributed by atoms with van der Waals surface area (Å²) in [4.78, 5) is 4.86. The van der Waals surface area contributed by atoms with Crippen molar-refractivity contribution in [3.05, 3.63) is 241 Å². The van der Waals surface area contributed by atoms with Gasteiger partial charge in [-0.1, -0.05) is 167 Å². The quantitative estimate of drug-likeness (QED) is 0.157. The largest absolute Gasteiger partial charge is 0.310 e. The van der Waals surface area contributed by atoms with Crippen LogP contribution in [0.2, 0.25) is 0 Å². The van der Waals surface area contributed by atoms with Crippen molar-refractivity contribution in [3.63, 3.8) is 0 Å². The first kappa shape index (κ1) is 39.6. The third kappa shape index (κ3) is 6.22. The highest BCUT2D eigenvalue weighted by molar-refractivity contribution is 7.25. The smallest absolute Gasteiger partial charge is 0.0476 e. The molecule has 13 rings (SSSR count). The number of hydrogen-bond acceptors (Lipinski definition) is 3. The van der Waals surface area contributed by atoms with Crippen LogP contribution in [0.3, 0.4) is 0 Å². The molecular formula is C64H48N2S. The highest BCUT2D eigenvalue weighted by Gasteiger charge is 2.37. The predicted octanol–water partition coefficient (Wildman–Crippen LogP) is 18.4. The lowest BCUT2D eigenvalue weighted by molar-refractivity contribution is 0.660. The number of rotatable bonds is 7. The SMILES string of the molecule is CC1(C)c2ccccc2-c2ccc(N(c3ccc(-c4ccc(N(c5ccc6c(c5)C(C)(C)c5ccccc5-6)c5ccc6c(c5)sc5ccccc56)cc4)cc3)c3ccc4ccccc4c3)cc21. The van der Waals surface area contributed by atoms with Gasteiger partial charge >= 0.3 is 0 Å². The standard InChI is InChI=1S/C64H48N2S/c1-63(2)57-18-10-7-15-51(57)53-34-31-48(38-59(53)63)65(47-30-25-41-13-5-6-14-44(41)37-47)45-26-21-42(22-27-45)43-23-28-46(29-24-43)66(50-33-36-56-55-17-9-12-20-61(55)67-62(56)40-50)49-32-35-54-52-16-8-11-19-58(52)64(3,4)60(54)39-49/h5-40H,1-4H3. The van der Waals surface area contributed by atoms with Crippen LogP contribution in [0.1, 0.15) is 49.9 Å². The molecule has 67 heavy (non-hydrogen) atoms. The van der Waals surface area contributed by atoms with Gasteiger partial charge in [-0.05, 0) is 145 Å². The van der Waals surface area contributed by atoms with E-state index < -0.39 is 0 Å². The zero-order valence-corrected chi connectivity index (χ0v) is 38.9. The Labute approximate surface area is 396 Å². The molecule has 0 aliphatic heterocycles. The predicted molar refractivity (Wildman–Crippen MR) is 287 cm³/mol. The van der Waals surface area contributed by atoms with E-state index in [1.165, 1.54) is 86.6 Å².